The highest BCUT2D eigenvalue weighted by atomic mass is 79.9. The lowest BCUT2D eigenvalue weighted by Gasteiger charge is -2.15. The minimum Gasteiger partial charge on any atom is -0.493 e. The first-order chi connectivity index (χ1) is 19.3. The van der Waals surface area contributed by atoms with Crippen LogP contribution >= 0.6 is 15.9 Å². The number of rotatable bonds is 11. The maximum absolute atomic E-state index is 13.4. The zero-order chi connectivity index (χ0) is 28.6. The molecule has 9 nitrogen and oxygen atoms in total. The van der Waals surface area contributed by atoms with Crippen molar-refractivity contribution in [3.05, 3.63) is 86.6 Å². The zero-order valence-electron chi connectivity index (χ0n) is 22.2. The van der Waals surface area contributed by atoms with Gasteiger partial charge in [0.05, 0.1) is 31.3 Å². The number of nitrogens with zero attached hydrogens (tertiary/aromatic N) is 3. The predicted octanol–water partition coefficient (Wildman–Crippen LogP) is 5.56. The Morgan fingerprint density at radius 2 is 1.88 bits per heavy atom. The van der Waals surface area contributed by atoms with Crippen LogP contribution in [0.3, 0.4) is 0 Å². The number of hydrogen-bond acceptors (Lipinski definition) is 7. The second-order valence-corrected chi connectivity index (χ2v) is 9.67. The lowest BCUT2D eigenvalue weighted by molar-refractivity contribution is -0.118. The molecule has 0 atom stereocenters. The van der Waals surface area contributed by atoms with Gasteiger partial charge in [0.25, 0.3) is 11.5 Å². The van der Waals surface area contributed by atoms with E-state index in [0.717, 1.165) is 17.3 Å². The van der Waals surface area contributed by atoms with Crippen molar-refractivity contribution in [2.45, 2.75) is 26.2 Å². The quantitative estimate of drug-likeness (QED) is 0.223. The van der Waals surface area contributed by atoms with Crippen molar-refractivity contribution >= 4 is 44.6 Å². The van der Waals surface area contributed by atoms with Crippen molar-refractivity contribution in [1.82, 2.24) is 9.66 Å². The summed E-state index contributed by atoms with van der Waals surface area (Å²) < 4.78 is 32.2. The maximum atomic E-state index is 13.4. The van der Waals surface area contributed by atoms with E-state index >= 15 is 0 Å². The molecule has 0 fully saturated rings. The largest absolute Gasteiger partial charge is 0.493 e. The van der Waals surface area contributed by atoms with Gasteiger partial charge in [-0.3, -0.25) is 9.59 Å². The van der Waals surface area contributed by atoms with Gasteiger partial charge >= 0.3 is 0 Å². The van der Waals surface area contributed by atoms with Gasteiger partial charge in [0.2, 0.25) is 5.75 Å². The molecule has 0 unspecified atom stereocenters. The average Bonchev–Trinajstić information content (AvgIpc) is 2.94. The van der Waals surface area contributed by atoms with Crippen LogP contribution in [0.5, 0.6) is 17.2 Å². The van der Waals surface area contributed by atoms with Crippen molar-refractivity contribution in [2.24, 2.45) is 5.10 Å². The molecule has 0 saturated heterocycles. The van der Waals surface area contributed by atoms with Gasteiger partial charge in [0.1, 0.15) is 11.6 Å². The monoisotopic (exact) mass is 610 g/mol. The molecule has 208 valence electrons. The van der Waals surface area contributed by atoms with Crippen molar-refractivity contribution in [3.63, 3.8) is 0 Å². The van der Waals surface area contributed by atoms with E-state index in [1.54, 1.807) is 30.3 Å². The van der Waals surface area contributed by atoms with E-state index in [1.807, 2.05) is 6.07 Å². The lowest BCUT2D eigenvalue weighted by Crippen LogP contribution is -2.22. The first-order valence-electron chi connectivity index (χ1n) is 12.5. The zero-order valence-corrected chi connectivity index (χ0v) is 23.8. The van der Waals surface area contributed by atoms with Crippen LogP contribution in [0.1, 0.15) is 31.2 Å². The number of amides is 1. The molecule has 0 aliphatic heterocycles. The maximum Gasteiger partial charge on any atom is 0.282 e. The number of halogens is 2. The average molecular weight is 611 g/mol. The molecule has 1 amide bonds. The Hall–Kier alpha value is -4.25. The SMILES string of the molecule is CCCCc1nc2ccc(Br)cc2c(=O)n1N=Cc1cc(OC)c(OCC(=O)Nc2cccc(F)c2)c(OC)c1. The standard InChI is InChI=1S/C29H28BrFN4O5/c1-4-5-9-26-34-23-11-10-19(30)14-22(23)29(37)35(26)32-16-18-12-24(38-2)28(25(13-18)39-3)40-17-27(36)33-21-8-6-7-20(31)15-21/h6-8,10-16H,4-5,9,17H2,1-3H3,(H,33,36). The van der Waals surface area contributed by atoms with Crippen molar-refractivity contribution in [1.29, 1.82) is 0 Å². The number of benzene rings is 3. The number of carbonyl (C=O) groups excluding carboxylic acids is 1. The fourth-order valence-electron chi connectivity index (χ4n) is 3.95. The molecule has 0 bridgehead atoms. The Morgan fingerprint density at radius 1 is 1.12 bits per heavy atom. The van der Waals surface area contributed by atoms with E-state index in [9.17, 15) is 14.0 Å². The van der Waals surface area contributed by atoms with Crippen LogP contribution < -0.4 is 25.1 Å². The van der Waals surface area contributed by atoms with Crippen LogP contribution in [-0.2, 0) is 11.2 Å². The normalized spacial score (nSPS) is 11.1. The number of hydrogen-bond donors (Lipinski definition) is 1. The van der Waals surface area contributed by atoms with Crippen LogP contribution in [0.4, 0.5) is 10.1 Å². The smallest absolute Gasteiger partial charge is 0.282 e. The van der Waals surface area contributed by atoms with E-state index in [1.165, 1.54) is 43.3 Å². The minimum absolute atomic E-state index is 0.203. The summed E-state index contributed by atoms with van der Waals surface area (Å²) in [6, 6.07) is 14.2. The van der Waals surface area contributed by atoms with E-state index in [-0.39, 0.29) is 17.9 Å². The molecule has 4 rings (SSSR count). The molecule has 4 aromatic rings. The summed E-state index contributed by atoms with van der Waals surface area (Å²) in [5.74, 6) is 0.383. The summed E-state index contributed by atoms with van der Waals surface area (Å²) in [4.78, 5) is 30.4. The van der Waals surface area contributed by atoms with Gasteiger partial charge in [-0.05, 0) is 55.0 Å². The van der Waals surface area contributed by atoms with Gasteiger partial charge in [0, 0.05) is 22.1 Å². The fraction of sp³-hybridized carbons (Fsp3) is 0.241. The summed E-state index contributed by atoms with van der Waals surface area (Å²) >= 11 is 3.41. The number of aryl methyl sites for hydroxylation is 1. The molecule has 0 radical (unpaired) electrons. The molecule has 0 aliphatic rings. The summed E-state index contributed by atoms with van der Waals surface area (Å²) in [6.07, 6.45) is 3.89. The fourth-order valence-corrected chi connectivity index (χ4v) is 4.31. The Labute approximate surface area is 238 Å². The van der Waals surface area contributed by atoms with Crippen LogP contribution in [0, 0.1) is 5.82 Å². The van der Waals surface area contributed by atoms with E-state index < -0.39 is 11.7 Å². The molecule has 1 N–H and O–H groups in total. The predicted molar refractivity (Wildman–Crippen MR) is 155 cm³/mol. The Bertz CT molecular complexity index is 1600. The highest BCUT2D eigenvalue weighted by Crippen LogP contribution is 2.38. The van der Waals surface area contributed by atoms with Crippen LogP contribution in [0.25, 0.3) is 10.9 Å². The van der Waals surface area contributed by atoms with Gasteiger partial charge in [-0.2, -0.15) is 9.78 Å². The molecule has 1 heterocycles. The molecular weight excluding hydrogens is 583 g/mol. The molecule has 0 aliphatic carbocycles. The molecule has 40 heavy (non-hydrogen) atoms. The van der Waals surface area contributed by atoms with E-state index in [0.29, 0.717) is 45.9 Å². The molecular formula is C29H28BrFN4O5. The topological polar surface area (TPSA) is 104 Å². The highest BCUT2D eigenvalue weighted by Gasteiger charge is 2.16. The highest BCUT2D eigenvalue weighted by molar-refractivity contribution is 9.10. The number of unbranched alkanes of at least 4 members (excludes halogenated alkanes) is 1. The number of carbonyl (C=O) groups is 1. The van der Waals surface area contributed by atoms with Crippen LogP contribution in [-0.4, -0.2) is 42.6 Å². The van der Waals surface area contributed by atoms with Crippen molar-refractivity contribution in [3.8, 4) is 17.2 Å². The number of aromatic nitrogens is 2. The third-order valence-electron chi connectivity index (χ3n) is 5.89. The van der Waals surface area contributed by atoms with Crippen molar-refractivity contribution in [2.75, 3.05) is 26.1 Å². The van der Waals surface area contributed by atoms with Gasteiger partial charge in [-0.15, -0.1) is 0 Å². The van der Waals surface area contributed by atoms with Crippen molar-refractivity contribution < 1.29 is 23.4 Å². The van der Waals surface area contributed by atoms with Crippen LogP contribution in [0.2, 0.25) is 0 Å². The summed E-state index contributed by atoms with van der Waals surface area (Å²) in [5.41, 5.74) is 1.20. The number of nitrogens with one attached hydrogen (secondary N) is 1. The molecule has 1 aromatic heterocycles. The first-order valence-corrected chi connectivity index (χ1v) is 13.3. The summed E-state index contributed by atoms with van der Waals surface area (Å²) in [7, 11) is 2.90. The van der Waals surface area contributed by atoms with Gasteiger partial charge in [-0.25, -0.2) is 9.37 Å². The van der Waals surface area contributed by atoms with Gasteiger partial charge in [-0.1, -0.05) is 35.3 Å². The van der Waals surface area contributed by atoms with Crippen LogP contribution in [0.15, 0.2) is 69.0 Å². The third kappa shape index (κ3) is 6.84. The third-order valence-corrected chi connectivity index (χ3v) is 6.38. The minimum atomic E-state index is -0.491. The molecule has 3 aromatic carbocycles. The Balaban J connectivity index is 1.62. The Kier molecular flexibility index (Phi) is 9.49. The summed E-state index contributed by atoms with van der Waals surface area (Å²) in [6.45, 7) is 1.70. The second-order valence-electron chi connectivity index (χ2n) is 8.76. The number of anilines is 1. The molecule has 0 saturated carbocycles. The first kappa shape index (κ1) is 28.8. The molecule has 11 heteroatoms. The van der Waals surface area contributed by atoms with Gasteiger partial charge in [0.15, 0.2) is 18.1 Å². The lowest BCUT2D eigenvalue weighted by atomic mass is 10.2. The summed E-state index contributed by atoms with van der Waals surface area (Å²) in [5, 5.41) is 7.49. The number of fused-ring (bicyclic) bond motifs is 1. The molecule has 0 spiro atoms. The van der Waals surface area contributed by atoms with Gasteiger partial charge < -0.3 is 19.5 Å². The van der Waals surface area contributed by atoms with E-state index in [2.05, 4.69) is 38.3 Å². The Morgan fingerprint density at radius 3 is 2.55 bits per heavy atom. The second kappa shape index (κ2) is 13.2. The number of methoxy groups -OCH3 is 2. The van der Waals surface area contributed by atoms with E-state index in [4.69, 9.17) is 14.2 Å². The number of ether oxygens (including phenoxy) is 3.